The van der Waals surface area contributed by atoms with Crippen LogP contribution in [0.2, 0.25) is 0 Å². The van der Waals surface area contributed by atoms with Crippen molar-refractivity contribution in [3.63, 3.8) is 0 Å². The van der Waals surface area contributed by atoms with Crippen LogP contribution in [0.1, 0.15) is 18.5 Å². The van der Waals surface area contributed by atoms with E-state index in [2.05, 4.69) is 21.6 Å². The summed E-state index contributed by atoms with van der Waals surface area (Å²) in [6.45, 7) is 2.30. The average Bonchev–Trinajstić information content (AvgIpc) is 2.77. The molecule has 0 bridgehead atoms. The third-order valence-electron chi connectivity index (χ3n) is 5.39. The van der Waals surface area contributed by atoms with Crippen LogP contribution in [0.4, 0.5) is 5.69 Å². The molecule has 0 saturated carbocycles. The van der Waals surface area contributed by atoms with Crippen LogP contribution in [0.5, 0.6) is 0 Å². The lowest BCUT2D eigenvalue weighted by Gasteiger charge is -2.23. The van der Waals surface area contributed by atoms with Gasteiger partial charge in [-0.2, -0.15) is 5.26 Å². The normalized spacial score (nSPS) is 15.1. The molecular formula is C22H22N4O3S. The van der Waals surface area contributed by atoms with Crippen LogP contribution in [-0.4, -0.2) is 44.6 Å². The molecule has 1 N–H and O–H groups in total. The fourth-order valence-corrected chi connectivity index (χ4v) is 4.27. The maximum absolute atomic E-state index is 11.7. The molecule has 0 atom stereocenters. The number of nitrogens with one attached hydrogen (secondary N) is 1. The third-order valence-corrected chi connectivity index (χ3v) is 6.52. The van der Waals surface area contributed by atoms with Crippen LogP contribution in [0.25, 0.3) is 22.0 Å². The van der Waals surface area contributed by atoms with Gasteiger partial charge in [-0.1, -0.05) is 18.2 Å². The molecule has 0 aliphatic carbocycles. The van der Waals surface area contributed by atoms with Gasteiger partial charge in [0, 0.05) is 31.4 Å². The zero-order chi connectivity index (χ0) is 21.1. The third kappa shape index (κ3) is 4.27. The lowest BCUT2D eigenvalue weighted by Crippen LogP contribution is -2.23. The number of hydrogen-bond acceptors (Lipinski definition) is 7. The minimum absolute atomic E-state index is 0.278. The maximum atomic E-state index is 11.7. The monoisotopic (exact) mass is 422 g/mol. The number of nitriles is 1. The lowest BCUT2D eigenvalue weighted by molar-refractivity contribution is 0.0699. The standard InChI is InChI=1S/C22H22N4O3S/c1-30(27,28)18-5-2-16(3-6-18)17-4-7-19-20(12-17)25-26-21(13-23)22(19)24-14-15-8-10-29-11-9-15/h2-7,12,15H,8-11,14H2,1H3,(H,24,25). The summed E-state index contributed by atoms with van der Waals surface area (Å²) in [4.78, 5) is 0.282. The molecular weight excluding hydrogens is 400 g/mol. The molecule has 1 aliphatic heterocycles. The highest BCUT2D eigenvalue weighted by Crippen LogP contribution is 2.30. The summed E-state index contributed by atoms with van der Waals surface area (Å²) < 4.78 is 28.8. The van der Waals surface area contributed by atoms with Crippen molar-refractivity contribution in [2.24, 2.45) is 5.92 Å². The van der Waals surface area contributed by atoms with Gasteiger partial charge in [-0.15, -0.1) is 10.2 Å². The Morgan fingerprint density at radius 1 is 1.10 bits per heavy atom. The van der Waals surface area contributed by atoms with Gasteiger partial charge in [0.25, 0.3) is 0 Å². The number of hydrogen-bond donors (Lipinski definition) is 1. The zero-order valence-corrected chi connectivity index (χ0v) is 17.4. The van der Waals surface area contributed by atoms with Crippen molar-refractivity contribution in [3.05, 3.63) is 48.2 Å². The molecule has 0 radical (unpaired) electrons. The topological polar surface area (TPSA) is 105 Å². The highest BCUT2D eigenvalue weighted by molar-refractivity contribution is 7.90. The summed E-state index contributed by atoms with van der Waals surface area (Å²) in [6.07, 6.45) is 3.19. The molecule has 2 heterocycles. The van der Waals surface area contributed by atoms with E-state index < -0.39 is 9.84 Å². The first kappa shape index (κ1) is 20.3. The summed E-state index contributed by atoms with van der Waals surface area (Å²) in [5.74, 6) is 0.501. The molecule has 1 aromatic heterocycles. The Bertz CT molecular complexity index is 1210. The van der Waals surface area contributed by atoms with Gasteiger partial charge in [-0.25, -0.2) is 8.42 Å². The summed E-state index contributed by atoms with van der Waals surface area (Å²) in [5.41, 5.74) is 3.44. The van der Waals surface area contributed by atoms with Gasteiger partial charge in [-0.05, 0) is 54.2 Å². The Balaban J connectivity index is 1.65. The minimum Gasteiger partial charge on any atom is -0.382 e. The Morgan fingerprint density at radius 2 is 1.80 bits per heavy atom. The second kappa shape index (κ2) is 8.38. The first-order valence-electron chi connectivity index (χ1n) is 9.78. The second-order valence-corrected chi connectivity index (χ2v) is 9.52. The zero-order valence-electron chi connectivity index (χ0n) is 16.6. The van der Waals surface area contributed by atoms with Crippen molar-refractivity contribution in [1.29, 1.82) is 5.26 Å². The number of anilines is 1. The summed E-state index contributed by atoms with van der Waals surface area (Å²) in [5, 5.41) is 22.0. The molecule has 1 saturated heterocycles. The molecule has 154 valence electrons. The fraction of sp³-hybridized carbons (Fsp3) is 0.318. The van der Waals surface area contributed by atoms with E-state index in [1.807, 2.05) is 18.2 Å². The molecule has 30 heavy (non-hydrogen) atoms. The fourth-order valence-electron chi connectivity index (χ4n) is 3.64. The number of benzene rings is 2. The van der Waals surface area contributed by atoms with Crippen LogP contribution in [0.15, 0.2) is 47.4 Å². The van der Waals surface area contributed by atoms with E-state index in [0.29, 0.717) is 17.1 Å². The predicted molar refractivity (Wildman–Crippen MR) is 115 cm³/mol. The summed E-state index contributed by atoms with van der Waals surface area (Å²) in [6, 6.07) is 14.6. The predicted octanol–water partition coefficient (Wildman–Crippen LogP) is 3.41. The maximum Gasteiger partial charge on any atom is 0.186 e. The molecule has 0 unspecified atom stereocenters. The second-order valence-electron chi connectivity index (χ2n) is 7.50. The highest BCUT2D eigenvalue weighted by Gasteiger charge is 2.17. The molecule has 2 aromatic carbocycles. The smallest absolute Gasteiger partial charge is 0.186 e. The number of nitrogens with zero attached hydrogens (tertiary/aromatic N) is 3. The Morgan fingerprint density at radius 3 is 2.47 bits per heavy atom. The molecule has 0 spiro atoms. The van der Waals surface area contributed by atoms with Crippen LogP contribution >= 0.6 is 0 Å². The SMILES string of the molecule is CS(=O)(=O)c1ccc(-c2ccc3c(NCC4CCOCC4)c(C#N)nnc3c2)cc1. The Hall–Kier alpha value is -3.02. The molecule has 1 fully saturated rings. The van der Waals surface area contributed by atoms with E-state index in [0.717, 1.165) is 49.1 Å². The number of ether oxygens (including phenoxy) is 1. The quantitative estimate of drug-likeness (QED) is 0.672. The summed E-state index contributed by atoms with van der Waals surface area (Å²) >= 11 is 0. The van der Waals surface area contributed by atoms with Gasteiger partial charge in [0.1, 0.15) is 6.07 Å². The van der Waals surface area contributed by atoms with Gasteiger partial charge in [-0.3, -0.25) is 0 Å². The van der Waals surface area contributed by atoms with Crippen molar-refractivity contribution in [2.75, 3.05) is 31.3 Å². The van der Waals surface area contributed by atoms with E-state index in [1.54, 1.807) is 24.3 Å². The lowest BCUT2D eigenvalue weighted by atomic mass is 9.99. The van der Waals surface area contributed by atoms with Gasteiger partial charge in [0.2, 0.25) is 0 Å². The van der Waals surface area contributed by atoms with E-state index in [9.17, 15) is 13.7 Å². The van der Waals surface area contributed by atoms with Crippen molar-refractivity contribution in [3.8, 4) is 17.2 Å². The average molecular weight is 423 g/mol. The highest BCUT2D eigenvalue weighted by atomic mass is 32.2. The van der Waals surface area contributed by atoms with Crippen LogP contribution < -0.4 is 5.32 Å². The number of rotatable bonds is 5. The molecule has 8 heteroatoms. The van der Waals surface area contributed by atoms with E-state index in [4.69, 9.17) is 4.74 Å². The molecule has 7 nitrogen and oxygen atoms in total. The van der Waals surface area contributed by atoms with E-state index in [1.165, 1.54) is 6.26 Å². The largest absolute Gasteiger partial charge is 0.382 e. The van der Waals surface area contributed by atoms with Crippen molar-refractivity contribution < 1.29 is 13.2 Å². The molecule has 3 aromatic rings. The van der Waals surface area contributed by atoms with Gasteiger partial charge in [0.15, 0.2) is 15.5 Å². The van der Waals surface area contributed by atoms with Gasteiger partial charge >= 0.3 is 0 Å². The number of sulfone groups is 1. The minimum atomic E-state index is -3.23. The molecule has 0 amide bonds. The molecule has 4 rings (SSSR count). The van der Waals surface area contributed by atoms with Crippen molar-refractivity contribution in [2.45, 2.75) is 17.7 Å². The summed E-state index contributed by atoms with van der Waals surface area (Å²) in [7, 11) is -3.23. The Labute approximate surface area is 175 Å². The van der Waals surface area contributed by atoms with E-state index in [-0.39, 0.29) is 10.6 Å². The van der Waals surface area contributed by atoms with Crippen molar-refractivity contribution in [1.82, 2.24) is 10.2 Å². The molecule has 1 aliphatic rings. The van der Waals surface area contributed by atoms with Crippen LogP contribution in [0.3, 0.4) is 0 Å². The van der Waals surface area contributed by atoms with Gasteiger partial charge < -0.3 is 10.1 Å². The van der Waals surface area contributed by atoms with Crippen LogP contribution in [0, 0.1) is 17.2 Å². The Kier molecular flexibility index (Phi) is 5.66. The van der Waals surface area contributed by atoms with E-state index >= 15 is 0 Å². The number of aromatic nitrogens is 2. The van der Waals surface area contributed by atoms with Gasteiger partial charge in [0.05, 0.1) is 16.1 Å². The van der Waals surface area contributed by atoms with Crippen LogP contribution in [-0.2, 0) is 14.6 Å². The van der Waals surface area contributed by atoms with Crippen molar-refractivity contribution >= 4 is 26.4 Å². The first-order chi connectivity index (χ1) is 14.5. The first-order valence-corrected chi connectivity index (χ1v) is 11.7. The number of fused-ring (bicyclic) bond motifs is 1.